The van der Waals surface area contributed by atoms with Crippen molar-refractivity contribution in [2.75, 3.05) is 72.0 Å². The molecule has 1 aliphatic rings. The molecule has 1 heterocycles. The van der Waals surface area contributed by atoms with Crippen molar-refractivity contribution >= 4 is 113 Å². The van der Waals surface area contributed by atoms with Crippen LogP contribution in [0.5, 0.6) is 23.0 Å². The molecule has 0 unspecified atom stereocenters. The van der Waals surface area contributed by atoms with Gasteiger partial charge in [0.1, 0.15) is 70.9 Å². The molecule has 49 heteroatoms. The highest BCUT2D eigenvalue weighted by Gasteiger charge is 2.45. The second-order valence-corrected chi connectivity index (χ2v) is 30.4. The zero-order valence-corrected chi connectivity index (χ0v) is 72.3. The number of hydrogen-bond donors (Lipinski definition) is 36. The highest BCUT2D eigenvalue weighted by Crippen LogP contribution is 2.52. The van der Waals surface area contributed by atoms with Gasteiger partial charge in [-0.15, -0.1) is 0 Å². The third-order valence-electron chi connectivity index (χ3n) is 19.9. The number of benzene rings is 3. The van der Waals surface area contributed by atoms with Gasteiger partial charge in [-0.2, -0.15) is 0 Å². The fraction of sp³-hybridized carbons (Fsp3) is 0.537. The molecule has 3 aromatic carbocycles. The van der Waals surface area contributed by atoms with E-state index in [2.05, 4.69) is 95.7 Å². The van der Waals surface area contributed by atoms with Crippen LogP contribution in [0.3, 0.4) is 0 Å². The monoisotopic (exact) mass is 1810 g/mol. The van der Waals surface area contributed by atoms with Crippen LogP contribution < -0.4 is 146 Å². The maximum absolute atomic E-state index is 14.3. The van der Waals surface area contributed by atoms with Gasteiger partial charge in [0.2, 0.25) is 65.0 Å². The number of rotatable bonds is 62. The molecule has 49 nitrogen and oxygen atoms in total. The Morgan fingerprint density at radius 2 is 0.558 bits per heavy atom. The maximum atomic E-state index is 14.3. The molecular formula is C80H131N33O16. The molecule has 0 aliphatic carbocycles. The minimum absolute atomic E-state index is 0.00370. The molecule has 12 amide bonds. The van der Waals surface area contributed by atoms with Crippen molar-refractivity contribution in [3.8, 4) is 23.0 Å². The fourth-order valence-corrected chi connectivity index (χ4v) is 13.5. The van der Waals surface area contributed by atoms with Crippen LogP contribution in [0.25, 0.3) is 0 Å². The van der Waals surface area contributed by atoms with E-state index >= 15 is 0 Å². The Morgan fingerprint density at radius 1 is 0.295 bits per heavy atom. The summed E-state index contributed by atoms with van der Waals surface area (Å²) < 4.78 is 5.96. The molecule has 3 aromatic rings. The average Bonchev–Trinajstić information content (AvgIpc) is 0.719. The molecule has 712 valence electrons. The first-order chi connectivity index (χ1) is 61.4. The van der Waals surface area contributed by atoms with Crippen LogP contribution in [-0.2, 0) is 58.3 Å². The van der Waals surface area contributed by atoms with Crippen LogP contribution in [0.2, 0.25) is 0 Å². The Hall–Kier alpha value is -14.5. The van der Waals surface area contributed by atoms with E-state index in [1.807, 2.05) is 0 Å². The first-order valence-electron chi connectivity index (χ1n) is 42.6. The number of nitrogens with two attached hydrogens (primary N) is 8. The van der Waals surface area contributed by atoms with E-state index in [9.17, 15) is 72.9 Å². The number of nitrogens with one attached hydrogen (secondary N) is 25. The largest absolute Gasteiger partial charge is 0.508 e. The number of aliphatic hydroxyl groups is 1. The van der Waals surface area contributed by atoms with E-state index in [-0.39, 0.29) is 281 Å². The van der Waals surface area contributed by atoms with Gasteiger partial charge >= 0.3 is 0 Å². The molecule has 7 atom stereocenters. The number of aromatic hydroxyl groups is 2. The average molecular weight is 1810 g/mol. The summed E-state index contributed by atoms with van der Waals surface area (Å²) in [5, 5.41) is 134. The zero-order chi connectivity index (χ0) is 95.4. The van der Waals surface area contributed by atoms with Crippen molar-refractivity contribution in [1.82, 2.24) is 95.7 Å². The lowest BCUT2D eigenvalue weighted by atomic mass is 9.76. The molecule has 0 saturated carbocycles. The number of primary amides is 1. The maximum Gasteiger partial charge on any atom is 0.251 e. The second kappa shape index (κ2) is 57.9. The number of amides is 12. The van der Waals surface area contributed by atoms with Gasteiger partial charge in [-0.25, -0.2) is 0 Å². The minimum Gasteiger partial charge on any atom is -0.508 e. The number of guanidine groups is 7. The smallest absolute Gasteiger partial charge is 0.251 e. The highest BCUT2D eigenvalue weighted by molar-refractivity contribution is 5.98. The van der Waals surface area contributed by atoms with Gasteiger partial charge in [0.15, 0.2) is 41.7 Å². The lowest BCUT2D eigenvalue weighted by Gasteiger charge is -2.37. The van der Waals surface area contributed by atoms with Crippen LogP contribution >= 0.6 is 0 Å². The number of carbonyl (C=O) groups is 12. The molecule has 1 aliphatic heterocycles. The molecule has 0 spiro atoms. The Labute approximate surface area is 746 Å². The number of ether oxygens (including phenoxy) is 1. The summed E-state index contributed by atoms with van der Waals surface area (Å²) in [7, 11) is 0. The lowest BCUT2D eigenvalue weighted by Crippen LogP contribution is -2.54. The number of carbonyl (C=O) groups excluding carboxylic acids is 12. The van der Waals surface area contributed by atoms with Gasteiger partial charge in [-0.05, 0) is 152 Å². The van der Waals surface area contributed by atoms with E-state index in [1.54, 1.807) is 24.3 Å². The molecule has 0 saturated heterocycles. The summed E-state index contributed by atoms with van der Waals surface area (Å²) in [6.45, 7) is 0.859. The van der Waals surface area contributed by atoms with Crippen molar-refractivity contribution in [1.29, 1.82) is 37.9 Å². The van der Waals surface area contributed by atoms with Crippen LogP contribution in [0.1, 0.15) is 181 Å². The van der Waals surface area contributed by atoms with Crippen LogP contribution in [0.15, 0.2) is 60.7 Å². The first kappa shape index (κ1) is 107. The third kappa shape index (κ3) is 41.9. The van der Waals surface area contributed by atoms with Gasteiger partial charge in [0.05, 0.1) is 0 Å². The van der Waals surface area contributed by atoms with Crippen molar-refractivity contribution < 1.29 is 77.6 Å². The Kier molecular flexibility index (Phi) is 48.0. The van der Waals surface area contributed by atoms with Gasteiger partial charge in [-0.1, -0.05) is 24.6 Å². The van der Waals surface area contributed by atoms with Crippen molar-refractivity contribution in [2.45, 2.75) is 202 Å². The summed E-state index contributed by atoms with van der Waals surface area (Å²) in [6, 6.07) is 6.36. The van der Waals surface area contributed by atoms with E-state index in [1.165, 1.54) is 36.4 Å². The number of fused-ring (bicyclic) bond motifs is 2. The molecule has 0 fully saturated rings. The second-order valence-electron chi connectivity index (χ2n) is 30.4. The standard InChI is InChI=1S/C80H131N33O16/c81-65(120)52(18-6-37-100-73(82)83)111-70(125)56(22-10-41-104-77(90)91)108-62(117)27-14-35-98-68(123)54(20-8-39-102-75(86)87)113-72(127)58(24-12-43-106-79(94)95)110-64(119)28-15-36-99-69(124)55(21-9-40-103-76(88)89)112-71(126)57(23-11-42-105-78(92)93)109-63(118)26-13-34-97-67(122)53(19-7-38-101-74(84)85)107-61(116)25-2-1-5-33-96-66(121)48-16-3-4-17-49(48)80(128)50-31-29-46(114)44-59(50)129-60-45-47(115)30-32-51(60)80/h3-4,16-17,29-32,44-45,52-58,114-115,128H,1-2,5-15,18-28,33-43H2,(H2,81,120)(H,96,121)(H,97,122)(H,98,123)(H,99,124)(H,107,116)(H,108,117)(H,109,118)(H,110,119)(H,111,125)(H,112,126)(H,113,127)(H4,82,83,100)(H4,84,85,101)(H4,86,87,102)(H4,88,89,103)(H4,90,91,104)(H4,92,93,105)(H4,94,95,106)/t52-,53-,54-,55-,56-,57-,58-/m0/s1. The van der Waals surface area contributed by atoms with E-state index in [4.69, 9.17) is 88.5 Å². The minimum atomic E-state index is -1.95. The number of phenols is 2. The highest BCUT2D eigenvalue weighted by atomic mass is 16.5. The summed E-state index contributed by atoms with van der Waals surface area (Å²) in [5.74, 6) is -10.4. The van der Waals surface area contributed by atoms with Gasteiger partial charge in [-0.3, -0.25) is 95.4 Å². The molecule has 129 heavy (non-hydrogen) atoms. The quantitative estimate of drug-likeness (QED) is 0.0142. The third-order valence-corrected chi connectivity index (χ3v) is 19.9. The van der Waals surface area contributed by atoms with Crippen LogP contribution in [0.4, 0.5) is 0 Å². The summed E-state index contributed by atoms with van der Waals surface area (Å²) in [4.78, 5) is 164. The topological polar surface area (TPSA) is 866 Å². The Morgan fingerprint density at radius 3 is 0.868 bits per heavy atom. The summed E-state index contributed by atoms with van der Waals surface area (Å²) in [5.41, 5.74) is 42.6. The number of hydrogen-bond acceptors (Lipinski definition) is 23. The van der Waals surface area contributed by atoms with E-state index in [0.717, 1.165) is 0 Å². The van der Waals surface area contributed by atoms with Gasteiger partial charge < -0.3 is 162 Å². The molecular weight excluding hydrogens is 1680 g/mol. The van der Waals surface area contributed by atoms with Crippen molar-refractivity contribution in [3.63, 3.8) is 0 Å². The molecule has 0 aromatic heterocycles. The number of phenolic OH excluding ortho intramolecular Hbond substituents is 2. The van der Waals surface area contributed by atoms with Crippen LogP contribution in [0, 0.1) is 37.9 Å². The predicted molar refractivity (Wildman–Crippen MR) is 479 cm³/mol. The molecule has 4 rings (SSSR count). The van der Waals surface area contributed by atoms with Crippen LogP contribution in [-0.4, -0.2) is 242 Å². The zero-order valence-electron chi connectivity index (χ0n) is 72.3. The van der Waals surface area contributed by atoms with Crippen molar-refractivity contribution in [3.05, 3.63) is 82.9 Å². The van der Waals surface area contributed by atoms with Gasteiger partial charge in [0.25, 0.3) is 5.91 Å². The SMILES string of the molecule is N=C(N)NCCC[C@H](NC(=O)[C@H](CCCNC(=N)N)NC(=O)CCCNC(=O)[C@H](CCCNC(=N)N)NC(=O)[C@H](CCCNC(=N)N)NC(=O)CCCNC(=O)[C@H](CCCNC(=N)N)NC(=O)[C@H](CCCNC(=N)N)NC(=O)CCCNC(=O)[C@H](CCCNC(=N)N)NC(=O)CCCCCNC(=O)c1ccccc1C1(O)c2ccc(O)cc2Oc2cc(O)ccc21)C(N)=O. The fourth-order valence-electron chi connectivity index (χ4n) is 13.5. The Balaban J connectivity index is 1.36. The van der Waals surface area contributed by atoms with Crippen molar-refractivity contribution in [2.24, 2.45) is 45.9 Å². The van der Waals surface area contributed by atoms with E-state index in [0.29, 0.717) is 32.1 Å². The lowest BCUT2D eigenvalue weighted by molar-refractivity contribution is -0.132. The van der Waals surface area contributed by atoms with E-state index < -0.39 is 119 Å². The molecule has 0 bridgehead atoms. The number of unbranched alkanes of at least 4 members (excludes halogenated alkanes) is 2. The van der Waals surface area contributed by atoms with Gasteiger partial charge in [0, 0.05) is 132 Å². The summed E-state index contributed by atoms with van der Waals surface area (Å²) >= 11 is 0. The summed E-state index contributed by atoms with van der Waals surface area (Å²) in [6.07, 6.45) is 2.30. The predicted octanol–water partition coefficient (Wildman–Crippen LogP) is -5.81. The first-order valence-corrected chi connectivity index (χ1v) is 42.6. The normalized spacial score (nSPS) is 13.0. The Bertz CT molecular complexity index is 4280. The molecule has 0 radical (unpaired) electrons. The molecule has 44 N–H and O–H groups in total.